The van der Waals surface area contributed by atoms with E-state index in [0.29, 0.717) is 5.92 Å². The highest BCUT2D eigenvalue weighted by Crippen LogP contribution is 2.44. The molecule has 8 aromatic rings. The zero-order valence-corrected chi connectivity index (χ0v) is 28.3. The van der Waals surface area contributed by atoms with E-state index in [1.165, 1.54) is 66.4 Å². The van der Waals surface area contributed by atoms with Crippen molar-refractivity contribution >= 4 is 55.4 Å². The van der Waals surface area contributed by atoms with Crippen LogP contribution >= 0.6 is 0 Å². The second kappa shape index (κ2) is 11.0. The van der Waals surface area contributed by atoms with Crippen LogP contribution in [0.3, 0.4) is 0 Å². The standard InChI is InChI=1S/C47H37N3/c1-31-13-12-16-34(27-31)49-42-21-10-7-18-36(42)39-28-33(23-24-44(39)49)47(2)26-25-45-40(30-47)37-19-8-11-22-43(37)50(45)46-29-38(32-14-4-3-5-15-32)35-17-6-9-20-41(35)48-46/h3-12,14-29,31H,13,30H2,1-2H3. The van der Waals surface area contributed by atoms with Gasteiger partial charge >= 0.3 is 0 Å². The summed E-state index contributed by atoms with van der Waals surface area (Å²) in [7, 11) is 0. The van der Waals surface area contributed by atoms with E-state index in [4.69, 9.17) is 4.98 Å². The topological polar surface area (TPSA) is 22.8 Å². The minimum Gasteiger partial charge on any atom is -0.310 e. The first-order valence-electron chi connectivity index (χ1n) is 17.8. The van der Waals surface area contributed by atoms with Gasteiger partial charge in [-0.05, 0) is 89.6 Å². The molecular formula is C47H37N3. The van der Waals surface area contributed by atoms with E-state index in [0.717, 1.165) is 29.6 Å². The van der Waals surface area contributed by atoms with Gasteiger partial charge in [0.15, 0.2) is 0 Å². The Morgan fingerprint density at radius 1 is 0.660 bits per heavy atom. The lowest BCUT2D eigenvalue weighted by atomic mass is 9.73. The summed E-state index contributed by atoms with van der Waals surface area (Å²) in [6.45, 7) is 4.70. The highest BCUT2D eigenvalue weighted by Gasteiger charge is 2.33. The predicted octanol–water partition coefficient (Wildman–Crippen LogP) is 11.9. The van der Waals surface area contributed by atoms with Crippen LogP contribution in [0.25, 0.3) is 72.3 Å². The Bertz CT molecular complexity index is 2740. The first-order valence-corrected chi connectivity index (χ1v) is 17.8. The number of benzene rings is 5. The molecule has 2 unspecified atom stereocenters. The van der Waals surface area contributed by atoms with Crippen molar-refractivity contribution in [1.29, 1.82) is 0 Å². The molecule has 2 aliphatic rings. The van der Waals surface area contributed by atoms with Crippen LogP contribution in [0.4, 0.5) is 0 Å². The van der Waals surface area contributed by atoms with Crippen molar-refractivity contribution in [2.45, 2.75) is 32.1 Å². The number of nitrogens with zero attached hydrogens (tertiary/aromatic N) is 3. The largest absolute Gasteiger partial charge is 0.310 e. The van der Waals surface area contributed by atoms with Crippen molar-refractivity contribution in [2.75, 3.05) is 0 Å². The summed E-state index contributed by atoms with van der Waals surface area (Å²) in [6, 6.07) is 46.3. The van der Waals surface area contributed by atoms with Crippen LogP contribution in [0.2, 0.25) is 0 Å². The predicted molar refractivity (Wildman–Crippen MR) is 211 cm³/mol. The van der Waals surface area contributed by atoms with Crippen molar-refractivity contribution in [2.24, 2.45) is 5.92 Å². The number of fused-ring (bicyclic) bond motifs is 7. The summed E-state index contributed by atoms with van der Waals surface area (Å²) in [4.78, 5) is 5.28. The first kappa shape index (κ1) is 29.0. The number of aromatic nitrogens is 3. The zero-order chi connectivity index (χ0) is 33.4. The third-order valence-electron chi connectivity index (χ3n) is 11.0. The second-order valence-corrected chi connectivity index (χ2v) is 14.3. The average Bonchev–Trinajstić information content (AvgIpc) is 3.67. The van der Waals surface area contributed by atoms with Crippen molar-refractivity contribution in [3.05, 3.63) is 169 Å². The first-order chi connectivity index (χ1) is 24.6. The Balaban J connectivity index is 1.13. The van der Waals surface area contributed by atoms with Gasteiger partial charge in [-0.15, -0.1) is 0 Å². The van der Waals surface area contributed by atoms with E-state index in [1.807, 2.05) is 0 Å². The molecule has 2 atom stereocenters. The van der Waals surface area contributed by atoms with Gasteiger partial charge in [0.2, 0.25) is 0 Å². The van der Waals surface area contributed by atoms with Gasteiger partial charge in [-0.1, -0.05) is 123 Å². The fraction of sp³-hybridized carbons (Fsp3) is 0.128. The molecule has 10 rings (SSSR count). The Hall–Kier alpha value is -5.93. The molecule has 0 aliphatic heterocycles. The van der Waals surface area contributed by atoms with Gasteiger partial charge in [-0.25, -0.2) is 4.98 Å². The summed E-state index contributed by atoms with van der Waals surface area (Å²) in [6.07, 6.45) is 13.8. The third kappa shape index (κ3) is 4.39. The molecule has 0 fully saturated rings. The summed E-state index contributed by atoms with van der Waals surface area (Å²) in [5, 5.41) is 5.06. The maximum Gasteiger partial charge on any atom is 0.138 e. The van der Waals surface area contributed by atoms with Gasteiger partial charge in [-0.3, -0.25) is 4.57 Å². The molecule has 0 bridgehead atoms. The SMILES string of the molecule is CC1C=C(n2c3ccccc3c3cc(C4(C)C=Cc5c(c6ccccc6n5-c5cc(-c6ccccc6)c6ccccc6n5)C4)ccc32)C=CC1. The molecule has 50 heavy (non-hydrogen) atoms. The van der Waals surface area contributed by atoms with Crippen LogP contribution in [0.1, 0.15) is 37.1 Å². The smallest absolute Gasteiger partial charge is 0.138 e. The molecule has 3 heteroatoms. The van der Waals surface area contributed by atoms with Gasteiger partial charge in [-0.2, -0.15) is 0 Å². The fourth-order valence-electron chi connectivity index (χ4n) is 8.53. The van der Waals surface area contributed by atoms with E-state index >= 15 is 0 Å². The molecule has 0 saturated heterocycles. The van der Waals surface area contributed by atoms with Crippen LogP contribution in [0, 0.1) is 5.92 Å². The number of pyridine rings is 1. The highest BCUT2D eigenvalue weighted by molar-refractivity contribution is 6.11. The minimum atomic E-state index is -0.177. The molecule has 3 aromatic heterocycles. The lowest BCUT2D eigenvalue weighted by molar-refractivity contribution is 0.589. The molecule has 240 valence electrons. The quantitative estimate of drug-likeness (QED) is 0.187. The average molecular weight is 644 g/mol. The van der Waals surface area contributed by atoms with E-state index in [1.54, 1.807) is 0 Å². The van der Waals surface area contributed by atoms with E-state index in [-0.39, 0.29) is 5.41 Å². The Morgan fingerprint density at radius 2 is 1.36 bits per heavy atom. The lowest BCUT2D eigenvalue weighted by Gasteiger charge is -2.30. The van der Waals surface area contributed by atoms with Crippen molar-refractivity contribution in [1.82, 2.24) is 14.1 Å². The van der Waals surface area contributed by atoms with Crippen LogP contribution in [0.5, 0.6) is 0 Å². The second-order valence-electron chi connectivity index (χ2n) is 14.3. The fourth-order valence-corrected chi connectivity index (χ4v) is 8.53. The Kier molecular flexibility index (Phi) is 6.41. The normalized spacial score (nSPS) is 18.7. The van der Waals surface area contributed by atoms with E-state index in [2.05, 4.69) is 181 Å². The Morgan fingerprint density at radius 3 is 2.18 bits per heavy atom. The van der Waals surface area contributed by atoms with Gasteiger partial charge in [0.1, 0.15) is 5.82 Å². The highest BCUT2D eigenvalue weighted by atomic mass is 15.1. The summed E-state index contributed by atoms with van der Waals surface area (Å²) >= 11 is 0. The molecule has 0 spiro atoms. The summed E-state index contributed by atoms with van der Waals surface area (Å²) in [5.74, 6) is 1.48. The van der Waals surface area contributed by atoms with Gasteiger partial charge in [0, 0.05) is 32.7 Å². The van der Waals surface area contributed by atoms with Crippen molar-refractivity contribution < 1.29 is 0 Å². The number of rotatable bonds is 4. The molecule has 3 heterocycles. The van der Waals surface area contributed by atoms with Gasteiger partial charge in [0.25, 0.3) is 0 Å². The molecule has 2 aliphatic carbocycles. The maximum absolute atomic E-state index is 5.28. The van der Waals surface area contributed by atoms with Crippen LogP contribution in [-0.4, -0.2) is 14.1 Å². The van der Waals surface area contributed by atoms with Crippen molar-refractivity contribution in [3.63, 3.8) is 0 Å². The van der Waals surface area contributed by atoms with E-state index < -0.39 is 0 Å². The molecule has 0 radical (unpaired) electrons. The summed E-state index contributed by atoms with van der Waals surface area (Å²) < 4.78 is 4.83. The molecule has 0 saturated carbocycles. The summed E-state index contributed by atoms with van der Waals surface area (Å²) in [5.41, 5.74) is 12.1. The van der Waals surface area contributed by atoms with E-state index in [9.17, 15) is 0 Å². The minimum absolute atomic E-state index is 0.177. The number of para-hydroxylation sites is 3. The van der Waals surface area contributed by atoms with Crippen molar-refractivity contribution in [3.8, 4) is 16.9 Å². The molecule has 3 nitrogen and oxygen atoms in total. The maximum atomic E-state index is 5.28. The number of allylic oxidation sites excluding steroid dienone is 5. The lowest BCUT2D eigenvalue weighted by Crippen LogP contribution is -2.25. The molecule has 0 N–H and O–H groups in total. The van der Waals surface area contributed by atoms with Crippen LogP contribution < -0.4 is 0 Å². The van der Waals surface area contributed by atoms with Gasteiger partial charge in [0.05, 0.1) is 27.8 Å². The van der Waals surface area contributed by atoms with Crippen LogP contribution in [-0.2, 0) is 11.8 Å². The molecular weight excluding hydrogens is 607 g/mol. The van der Waals surface area contributed by atoms with Crippen LogP contribution in [0.15, 0.2) is 152 Å². The monoisotopic (exact) mass is 643 g/mol. The number of hydrogen-bond donors (Lipinski definition) is 0. The zero-order valence-electron chi connectivity index (χ0n) is 28.3. The Labute approximate surface area is 292 Å². The van der Waals surface area contributed by atoms with Gasteiger partial charge < -0.3 is 4.57 Å². The molecule has 5 aromatic carbocycles. The third-order valence-corrected chi connectivity index (χ3v) is 11.0. The molecule has 0 amide bonds. The number of hydrogen-bond acceptors (Lipinski definition) is 1.